The third-order valence-electron chi connectivity index (χ3n) is 11.1. The molecule has 8 aromatic rings. The summed E-state index contributed by atoms with van der Waals surface area (Å²) in [7, 11) is 0. The van der Waals surface area contributed by atoms with Gasteiger partial charge in [-0.2, -0.15) is 0 Å². The molecule has 4 nitrogen and oxygen atoms in total. The lowest BCUT2D eigenvalue weighted by Crippen LogP contribution is -2.60. The second-order valence-corrected chi connectivity index (χ2v) is 16.4. The van der Waals surface area contributed by atoms with Crippen LogP contribution in [0, 0.1) is 0 Å². The number of aromatic nitrogens is 4. The fourth-order valence-electron chi connectivity index (χ4n) is 8.67. The first kappa shape index (κ1) is 30.2. The van der Waals surface area contributed by atoms with Crippen molar-refractivity contribution < 1.29 is 0 Å². The first-order chi connectivity index (χ1) is 24.6. The fourth-order valence-corrected chi connectivity index (χ4v) is 8.67. The summed E-state index contributed by atoms with van der Waals surface area (Å²) in [5, 5.41) is 0. The maximum atomic E-state index is 5.19. The molecule has 0 radical (unpaired) electrons. The van der Waals surface area contributed by atoms with Gasteiger partial charge in [0, 0.05) is 16.7 Å². The number of imidazole rings is 2. The molecule has 0 N–H and O–H groups in total. The SMILES string of the molecule is CC(C)(C)c1cc2c3c(c1)ncn3-c1c3c(c(-c4ccccc4)c(-c4ccccc4)c1-c1ccccc1)-n1cnc4cc(C(C)(C)C)cc(c41)B32. The lowest BCUT2D eigenvalue weighted by molar-refractivity contribution is 0.591. The van der Waals surface area contributed by atoms with Gasteiger partial charge >= 0.3 is 0 Å². The Morgan fingerprint density at radius 2 is 0.843 bits per heavy atom. The van der Waals surface area contributed by atoms with E-state index in [1.807, 2.05) is 0 Å². The normalized spacial score (nSPS) is 13.3. The highest BCUT2D eigenvalue weighted by atomic mass is 15.1. The molecule has 0 bridgehead atoms. The second-order valence-electron chi connectivity index (χ2n) is 16.4. The van der Waals surface area contributed by atoms with Gasteiger partial charge in [0.15, 0.2) is 0 Å². The second kappa shape index (κ2) is 10.4. The van der Waals surface area contributed by atoms with Gasteiger partial charge in [-0.15, -0.1) is 0 Å². The summed E-state index contributed by atoms with van der Waals surface area (Å²) in [5.41, 5.74) is 20.5. The van der Waals surface area contributed by atoms with Gasteiger partial charge in [0.1, 0.15) is 12.7 Å². The van der Waals surface area contributed by atoms with Crippen molar-refractivity contribution in [1.82, 2.24) is 19.1 Å². The number of nitrogens with zero attached hydrogens (tertiary/aromatic N) is 4. The van der Waals surface area contributed by atoms with Crippen LogP contribution in [0.25, 0.3) is 66.8 Å². The number of hydrogen-bond acceptors (Lipinski definition) is 2. The molecule has 0 unspecified atom stereocenters. The van der Waals surface area contributed by atoms with E-state index in [1.54, 1.807) is 0 Å². The van der Waals surface area contributed by atoms with Crippen LogP contribution in [0.4, 0.5) is 0 Å². The van der Waals surface area contributed by atoms with Gasteiger partial charge in [-0.3, -0.25) is 9.13 Å². The smallest absolute Gasteiger partial charge is 0.252 e. The van der Waals surface area contributed by atoms with Gasteiger partial charge in [0.25, 0.3) is 6.71 Å². The van der Waals surface area contributed by atoms with Crippen molar-refractivity contribution >= 4 is 45.2 Å². The minimum absolute atomic E-state index is 0.0206. The molecule has 51 heavy (non-hydrogen) atoms. The highest BCUT2D eigenvalue weighted by Gasteiger charge is 2.44. The highest BCUT2D eigenvalue weighted by molar-refractivity contribution is 7.00. The number of hydrogen-bond donors (Lipinski definition) is 0. The predicted molar refractivity (Wildman–Crippen MR) is 214 cm³/mol. The molecule has 4 heterocycles. The van der Waals surface area contributed by atoms with Crippen molar-refractivity contribution in [2.75, 3.05) is 0 Å². The van der Waals surface area contributed by atoms with Gasteiger partial charge < -0.3 is 0 Å². The molecule has 2 aromatic heterocycles. The zero-order valence-electron chi connectivity index (χ0n) is 30.0. The standard InChI is InChI=1S/C46H39BN4/c1-45(2,3)31-22-33-41-35(24-31)48-26-50(41)43-38(29-18-12-8-13-19-29)37(28-16-10-7-11-17-28)39(30-20-14-9-15-21-30)44-40(43)47(33)34-23-32(46(4,5)6)25-36-42(34)51(44)27-49-36/h7-27H,1-6H3. The summed E-state index contributed by atoms with van der Waals surface area (Å²) >= 11 is 0. The van der Waals surface area contributed by atoms with Crippen molar-refractivity contribution in [1.29, 1.82) is 0 Å². The third kappa shape index (κ3) is 4.27. The van der Waals surface area contributed by atoms with E-state index in [1.165, 1.54) is 83.3 Å². The van der Waals surface area contributed by atoms with Crippen LogP contribution in [0.15, 0.2) is 128 Å². The summed E-state index contributed by atoms with van der Waals surface area (Å²) in [5.74, 6) is 0. The van der Waals surface area contributed by atoms with Crippen molar-refractivity contribution in [2.45, 2.75) is 52.4 Å². The Labute approximate surface area is 299 Å². The molecule has 0 amide bonds. The molecule has 0 fully saturated rings. The van der Waals surface area contributed by atoms with Crippen LogP contribution in [0.5, 0.6) is 0 Å². The fraction of sp³-hybridized carbons (Fsp3) is 0.174. The van der Waals surface area contributed by atoms with Crippen molar-refractivity contribution in [3.05, 3.63) is 139 Å². The largest absolute Gasteiger partial charge is 0.299 e. The summed E-state index contributed by atoms with van der Waals surface area (Å²) in [6, 6.07) is 42.5. The van der Waals surface area contributed by atoms with Gasteiger partial charge in [-0.1, -0.05) is 145 Å². The summed E-state index contributed by atoms with van der Waals surface area (Å²) in [6.45, 7) is 13.8. The molecular formula is C46H39BN4. The lowest BCUT2D eigenvalue weighted by Gasteiger charge is -2.38. The Balaban J connectivity index is 1.51. The third-order valence-corrected chi connectivity index (χ3v) is 11.1. The predicted octanol–water partition coefficient (Wildman–Crippen LogP) is 9.10. The van der Waals surface area contributed by atoms with Crippen molar-refractivity contribution in [2.24, 2.45) is 0 Å². The van der Waals surface area contributed by atoms with E-state index in [-0.39, 0.29) is 17.5 Å². The van der Waals surface area contributed by atoms with Crippen LogP contribution in [0.1, 0.15) is 52.7 Å². The summed E-state index contributed by atoms with van der Waals surface area (Å²) < 4.78 is 4.81. The molecule has 0 atom stereocenters. The van der Waals surface area contributed by atoms with Gasteiger partial charge in [0.2, 0.25) is 0 Å². The van der Waals surface area contributed by atoms with E-state index in [9.17, 15) is 0 Å². The monoisotopic (exact) mass is 658 g/mol. The molecule has 0 spiro atoms. The Hall–Kier alpha value is -5.68. The van der Waals surface area contributed by atoms with Gasteiger partial charge in [-0.25, -0.2) is 9.97 Å². The lowest BCUT2D eigenvalue weighted by atomic mass is 9.33. The molecule has 0 saturated carbocycles. The maximum absolute atomic E-state index is 5.19. The van der Waals surface area contributed by atoms with Crippen LogP contribution in [0.3, 0.4) is 0 Å². The van der Waals surface area contributed by atoms with E-state index in [4.69, 9.17) is 9.97 Å². The number of benzene rings is 6. The average molecular weight is 659 g/mol. The first-order valence-electron chi connectivity index (χ1n) is 18.0. The molecule has 0 aliphatic carbocycles. The van der Waals surface area contributed by atoms with Crippen LogP contribution in [-0.2, 0) is 10.8 Å². The summed E-state index contributed by atoms with van der Waals surface area (Å²) in [4.78, 5) is 10.4. The minimum atomic E-state index is -0.0435. The number of fused-ring (bicyclic) bond motifs is 4. The maximum Gasteiger partial charge on any atom is 0.252 e. The van der Waals surface area contributed by atoms with Crippen LogP contribution < -0.4 is 16.4 Å². The molecule has 6 aromatic carbocycles. The van der Waals surface area contributed by atoms with E-state index in [0.29, 0.717) is 0 Å². The average Bonchev–Trinajstić information content (AvgIpc) is 3.76. The topological polar surface area (TPSA) is 35.6 Å². The zero-order valence-corrected chi connectivity index (χ0v) is 30.0. The zero-order chi connectivity index (χ0) is 34.8. The molecule has 5 heteroatoms. The summed E-state index contributed by atoms with van der Waals surface area (Å²) in [6.07, 6.45) is 4.14. The van der Waals surface area contributed by atoms with Crippen LogP contribution >= 0.6 is 0 Å². The molecule has 246 valence electrons. The minimum Gasteiger partial charge on any atom is -0.299 e. The van der Waals surface area contributed by atoms with E-state index in [0.717, 1.165) is 11.0 Å². The highest BCUT2D eigenvalue weighted by Crippen LogP contribution is 2.49. The van der Waals surface area contributed by atoms with Gasteiger partial charge in [-0.05, 0) is 67.2 Å². The Kier molecular flexibility index (Phi) is 6.17. The molecule has 10 rings (SSSR count). The Bertz CT molecular complexity index is 2520. The van der Waals surface area contributed by atoms with Gasteiger partial charge in [0.05, 0.1) is 33.4 Å². The number of rotatable bonds is 3. The van der Waals surface area contributed by atoms with Crippen LogP contribution in [0.2, 0.25) is 0 Å². The molecular weight excluding hydrogens is 619 g/mol. The van der Waals surface area contributed by atoms with E-state index >= 15 is 0 Å². The Morgan fingerprint density at radius 3 is 1.22 bits per heavy atom. The molecule has 2 aliphatic heterocycles. The van der Waals surface area contributed by atoms with Crippen LogP contribution in [-0.4, -0.2) is 25.8 Å². The van der Waals surface area contributed by atoms with E-state index < -0.39 is 0 Å². The first-order valence-corrected chi connectivity index (χ1v) is 18.0. The quantitative estimate of drug-likeness (QED) is 0.178. The van der Waals surface area contributed by atoms with Crippen molar-refractivity contribution in [3.63, 3.8) is 0 Å². The molecule has 0 saturated heterocycles. The van der Waals surface area contributed by atoms with Crippen molar-refractivity contribution in [3.8, 4) is 44.8 Å². The Morgan fingerprint density at radius 1 is 0.471 bits per heavy atom. The molecule has 2 aliphatic rings. The van der Waals surface area contributed by atoms with E-state index in [2.05, 4.69) is 179 Å².